The second-order valence-electron chi connectivity index (χ2n) is 4.45. The fourth-order valence-corrected chi connectivity index (χ4v) is 2.88. The lowest BCUT2D eigenvalue weighted by molar-refractivity contribution is -0.556. The first-order valence-corrected chi connectivity index (χ1v) is 5.57. The van der Waals surface area contributed by atoms with Crippen molar-refractivity contribution < 1.29 is 28.6 Å². The van der Waals surface area contributed by atoms with Gasteiger partial charge in [-0.2, -0.15) is 0 Å². The number of halogens is 1. The maximum atomic E-state index is 2.60. The van der Waals surface area contributed by atoms with Crippen LogP contribution in [-0.4, -0.2) is 22.9 Å². The molecule has 2 aliphatic heterocycles. The summed E-state index contributed by atoms with van der Waals surface area (Å²) in [6.07, 6.45) is 3.84. The van der Waals surface area contributed by atoms with E-state index in [0.29, 0.717) is 6.04 Å². The van der Waals surface area contributed by atoms with Crippen LogP contribution in [0.5, 0.6) is 0 Å². The molecule has 3 rings (SSSR count). The molecule has 1 aromatic rings. The van der Waals surface area contributed by atoms with Gasteiger partial charge in [0.1, 0.15) is 6.54 Å². The highest BCUT2D eigenvalue weighted by molar-refractivity contribution is 5.99. The van der Waals surface area contributed by atoms with Crippen LogP contribution in [0.1, 0.15) is 30.9 Å². The summed E-state index contributed by atoms with van der Waals surface area (Å²) < 4.78 is 2.60. The first kappa shape index (κ1) is 11.1. The van der Waals surface area contributed by atoms with E-state index in [9.17, 15) is 0 Å². The molecule has 2 aliphatic rings. The van der Waals surface area contributed by atoms with Gasteiger partial charge in [0, 0.05) is 24.8 Å². The summed E-state index contributed by atoms with van der Waals surface area (Å²) in [5.41, 5.74) is 4.66. The van der Waals surface area contributed by atoms with Crippen LogP contribution in [0.3, 0.4) is 0 Å². The molecule has 80 valence electrons. The maximum Gasteiger partial charge on any atom is 0.184 e. The fourth-order valence-electron chi connectivity index (χ4n) is 2.88. The Labute approximate surface area is 108 Å². The minimum absolute atomic E-state index is 0. The molecule has 0 amide bonds. The maximum absolute atomic E-state index is 2.60. The number of hydrogen-bond acceptors (Lipinski definition) is 0. The Kier molecular flexibility index (Phi) is 3.14. The van der Waals surface area contributed by atoms with E-state index in [1.165, 1.54) is 31.4 Å². The zero-order chi connectivity index (χ0) is 9.54. The molecule has 0 N–H and O–H groups in total. The van der Waals surface area contributed by atoms with Crippen molar-refractivity contribution in [1.29, 1.82) is 0 Å². The van der Waals surface area contributed by atoms with E-state index < -0.39 is 0 Å². The van der Waals surface area contributed by atoms with Crippen molar-refractivity contribution >= 4 is 5.71 Å². The van der Waals surface area contributed by atoms with E-state index in [1.54, 1.807) is 11.3 Å². The number of benzene rings is 1. The van der Waals surface area contributed by atoms with E-state index in [0.717, 1.165) is 0 Å². The fraction of sp³-hybridized carbons (Fsp3) is 0.462. The smallest absolute Gasteiger partial charge is 0.184 e. The quantitative estimate of drug-likeness (QED) is 0.437. The van der Waals surface area contributed by atoms with Crippen molar-refractivity contribution in [2.45, 2.75) is 32.2 Å². The summed E-state index contributed by atoms with van der Waals surface area (Å²) in [5, 5.41) is 0. The molecule has 0 bridgehead atoms. The van der Waals surface area contributed by atoms with Crippen LogP contribution in [0.2, 0.25) is 0 Å². The van der Waals surface area contributed by atoms with Gasteiger partial charge in [0.05, 0.1) is 0 Å². The van der Waals surface area contributed by atoms with Gasteiger partial charge in [-0.1, -0.05) is 18.2 Å². The van der Waals surface area contributed by atoms with Gasteiger partial charge < -0.3 is 24.0 Å². The molecule has 15 heavy (non-hydrogen) atoms. The second-order valence-corrected chi connectivity index (χ2v) is 4.45. The molecule has 0 radical (unpaired) electrons. The first-order valence-electron chi connectivity index (χ1n) is 5.57. The van der Waals surface area contributed by atoms with E-state index in [4.69, 9.17) is 0 Å². The van der Waals surface area contributed by atoms with Crippen LogP contribution in [0, 0.1) is 0 Å². The van der Waals surface area contributed by atoms with E-state index in [-0.39, 0.29) is 24.0 Å². The standard InChI is InChI=1S/C13H16N.HI/c1-10-9-11-5-2-3-6-12(11)13-7-4-8-14(10)13;/h2-3,5-6,10H,4,7-9H2,1H3;1H/q+1;/p-1. The second kappa shape index (κ2) is 4.24. The zero-order valence-corrected chi connectivity index (χ0v) is 11.2. The Morgan fingerprint density at radius 2 is 2.07 bits per heavy atom. The molecule has 0 fully saturated rings. The summed E-state index contributed by atoms with van der Waals surface area (Å²) in [5.74, 6) is 0. The highest BCUT2D eigenvalue weighted by atomic mass is 127. The first-order chi connectivity index (χ1) is 6.86. The van der Waals surface area contributed by atoms with E-state index >= 15 is 0 Å². The summed E-state index contributed by atoms with van der Waals surface area (Å²) in [7, 11) is 0. The highest BCUT2D eigenvalue weighted by Crippen LogP contribution is 2.25. The molecule has 0 aromatic heterocycles. The summed E-state index contributed by atoms with van der Waals surface area (Å²) in [4.78, 5) is 0. The van der Waals surface area contributed by atoms with Gasteiger partial charge in [0.25, 0.3) is 0 Å². The van der Waals surface area contributed by atoms with Gasteiger partial charge >= 0.3 is 0 Å². The highest BCUT2D eigenvalue weighted by Gasteiger charge is 2.33. The van der Waals surface area contributed by atoms with Crippen molar-refractivity contribution in [2.75, 3.05) is 6.54 Å². The molecule has 2 heterocycles. The average Bonchev–Trinajstić information content (AvgIpc) is 2.67. The number of rotatable bonds is 0. The van der Waals surface area contributed by atoms with Crippen LogP contribution in [0.25, 0.3) is 0 Å². The predicted molar refractivity (Wildman–Crippen MR) is 58.1 cm³/mol. The predicted octanol–water partition coefficient (Wildman–Crippen LogP) is -0.769. The summed E-state index contributed by atoms with van der Waals surface area (Å²) in [6, 6.07) is 9.61. The summed E-state index contributed by atoms with van der Waals surface area (Å²) in [6.45, 7) is 3.62. The normalized spacial score (nSPS) is 23.1. The Hall–Kier alpha value is -0.380. The minimum atomic E-state index is 0. The topological polar surface area (TPSA) is 3.01 Å². The van der Waals surface area contributed by atoms with Gasteiger partial charge in [0.2, 0.25) is 0 Å². The molecule has 1 nitrogen and oxygen atoms in total. The lowest BCUT2D eigenvalue weighted by Gasteiger charge is -2.19. The van der Waals surface area contributed by atoms with Gasteiger partial charge in [-0.25, -0.2) is 4.58 Å². The number of fused-ring (bicyclic) bond motifs is 2. The van der Waals surface area contributed by atoms with Crippen LogP contribution >= 0.6 is 0 Å². The Bertz CT molecular complexity index is 409. The third-order valence-electron chi connectivity index (χ3n) is 3.53. The van der Waals surface area contributed by atoms with E-state index in [2.05, 4.69) is 35.8 Å². The monoisotopic (exact) mass is 313 g/mol. The largest absolute Gasteiger partial charge is 1.00 e. The molecule has 0 spiro atoms. The van der Waals surface area contributed by atoms with Crippen molar-refractivity contribution in [1.82, 2.24) is 0 Å². The number of hydrogen-bond donors (Lipinski definition) is 0. The molecule has 1 unspecified atom stereocenters. The van der Waals surface area contributed by atoms with Crippen molar-refractivity contribution in [3.63, 3.8) is 0 Å². The minimum Gasteiger partial charge on any atom is -1.00 e. The Balaban J connectivity index is 0.000000853. The van der Waals surface area contributed by atoms with Gasteiger partial charge in [-0.05, 0) is 18.6 Å². The molecule has 0 saturated carbocycles. The Morgan fingerprint density at radius 3 is 2.93 bits per heavy atom. The van der Waals surface area contributed by atoms with Crippen molar-refractivity contribution in [3.05, 3.63) is 35.4 Å². The molecule has 0 aliphatic carbocycles. The van der Waals surface area contributed by atoms with Crippen LogP contribution in [-0.2, 0) is 6.42 Å². The molecule has 1 atom stereocenters. The lowest BCUT2D eigenvalue weighted by atomic mass is 9.93. The average molecular weight is 313 g/mol. The van der Waals surface area contributed by atoms with Gasteiger partial charge in [-0.15, -0.1) is 0 Å². The molecular formula is C13H16IN. The Morgan fingerprint density at radius 1 is 1.27 bits per heavy atom. The third kappa shape index (κ3) is 1.73. The lowest BCUT2D eigenvalue weighted by Crippen LogP contribution is -3.00. The molecule has 1 aromatic carbocycles. The van der Waals surface area contributed by atoms with Crippen molar-refractivity contribution in [3.8, 4) is 0 Å². The molecule has 2 heteroatoms. The van der Waals surface area contributed by atoms with Crippen LogP contribution < -0.4 is 24.0 Å². The molecular weight excluding hydrogens is 297 g/mol. The summed E-state index contributed by atoms with van der Waals surface area (Å²) >= 11 is 0. The van der Waals surface area contributed by atoms with Crippen LogP contribution in [0.15, 0.2) is 24.3 Å². The van der Waals surface area contributed by atoms with Gasteiger partial charge in [0.15, 0.2) is 11.8 Å². The van der Waals surface area contributed by atoms with E-state index in [1.807, 2.05) is 0 Å². The van der Waals surface area contributed by atoms with Crippen molar-refractivity contribution in [2.24, 2.45) is 0 Å². The van der Waals surface area contributed by atoms with Crippen LogP contribution in [0.4, 0.5) is 0 Å². The van der Waals surface area contributed by atoms with Gasteiger partial charge in [-0.3, -0.25) is 0 Å². The number of nitrogens with zero attached hydrogens (tertiary/aromatic N) is 1. The molecule has 0 saturated heterocycles. The zero-order valence-electron chi connectivity index (χ0n) is 9.04. The third-order valence-corrected chi connectivity index (χ3v) is 3.53. The SMILES string of the molecule is CC1Cc2ccccc2C2=[N+]1CCC2.[I-].